The number of ether oxygens (including phenoxy) is 1. The SMILES string of the molecule is CCOC(C)(C)C(=O)C(=Cc1cccc(Cl)c1)n1cncn1. The topological polar surface area (TPSA) is 57.0 Å². The quantitative estimate of drug-likeness (QED) is 0.766. The van der Waals surface area contributed by atoms with Crippen LogP contribution in [0.2, 0.25) is 5.02 Å². The van der Waals surface area contributed by atoms with E-state index in [1.54, 1.807) is 32.1 Å². The maximum atomic E-state index is 12.8. The van der Waals surface area contributed by atoms with Gasteiger partial charge in [-0.15, -0.1) is 0 Å². The Bertz CT molecular complexity index is 678. The molecule has 0 bridgehead atoms. The highest BCUT2D eigenvalue weighted by Gasteiger charge is 2.32. The van der Waals surface area contributed by atoms with Gasteiger partial charge in [0.25, 0.3) is 0 Å². The fraction of sp³-hybridized carbons (Fsp3) is 0.312. The van der Waals surface area contributed by atoms with E-state index in [1.165, 1.54) is 17.3 Å². The molecule has 0 N–H and O–H groups in total. The molecule has 6 heteroatoms. The van der Waals surface area contributed by atoms with Crippen LogP contribution in [0.25, 0.3) is 11.8 Å². The van der Waals surface area contributed by atoms with Crippen LogP contribution in [0.15, 0.2) is 36.9 Å². The summed E-state index contributed by atoms with van der Waals surface area (Å²) in [5.41, 5.74) is 0.224. The van der Waals surface area contributed by atoms with Crippen molar-refractivity contribution in [1.29, 1.82) is 0 Å². The summed E-state index contributed by atoms with van der Waals surface area (Å²) in [5, 5.41) is 4.66. The van der Waals surface area contributed by atoms with E-state index in [4.69, 9.17) is 16.3 Å². The van der Waals surface area contributed by atoms with Crippen molar-refractivity contribution in [3.8, 4) is 0 Å². The molecule has 2 aromatic rings. The molecule has 22 heavy (non-hydrogen) atoms. The molecule has 0 aliphatic carbocycles. The van der Waals surface area contributed by atoms with Crippen LogP contribution < -0.4 is 0 Å². The molecule has 0 saturated carbocycles. The molecule has 0 spiro atoms. The first-order chi connectivity index (χ1) is 10.4. The number of carbonyl (C=O) groups is 1. The highest BCUT2D eigenvalue weighted by atomic mass is 35.5. The maximum absolute atomic E-state index is 12.8. The molecular weight excluding hydrogens is 302 g/mol. The molecule has 0 atom stereocenters. The molecule has 0 saturated heterocycles. The smallest absolute Gasteiger partial charge is 0.212 e. The van der Waals surface area contributed by atoms with Gasteiger partial charge in [-0.2, -0.15) is 5.10 Å². The number of rotatable bonds is 6. The highest BCUT2D eigenvalue weighted by Crippen LogP contribution is 2.22. The number of benzene rings is 1. The minimum atomic E-state index is -0.953. The molecule has 1 aromatic carbocycles. The van der Waals surface area contributed by atoms with Gasteiger partial charge >= 0.3 is 0 Å². The maximum Gasteiger partial charge on any atom is 0.212 e. The predicted octanol–water partition coefficient (Wildman–Crippen LogP) is 3.31. The van der Waals surface area contributed by atoms with Gasteiger partial charge in [-0.1, -0.05) is 23.7 Å². The van der Waals surface area contributed by atoms with Gasteiger partial charge in [0.05, 0.1) is 0 Å². The fourth-order valence-electron chi connectivity index (χ4n) is 2.06. The highest BCUT2D eigenvalue weighted by molar-refractivity contribution is 6.30. The second kappa shape index (κ2) is 6.85. The summed E-state index contributed by atoms with van der Waals surface area (Å²) in [6, 6.07) is 7.24. The molecule has 2 rings (SSSR count). The second-order valence-corrected chi connectivity index (χ2v) is 5.63. The number of nitrogens with zero attached hydrogens (tertiary/aromatic N) is 3. The Kier molecular flexibility index (Phi) is 5.11. The first-order valence-corrected chi connectivity index (χ1v) is 7.33. The van der Waals surface area contributed by atoms with Gasteiger partial charge in [-0.05, 0) is 44.5 Å². The van der Waals surface area contributed by atoms with Gasteiger partial charge in [0.1, 0.15) is 24.0 Å². The number of aromatic nitrogens is 3. The molecule has 0 amide bonds. The van der Waals surface area contributed by atoms with Crippen molar-refractivity contribution < 1.29 is 9.53 Å². The first kappa shape index (κ1) is 16.4. The van der Waals surface area contributed by atoms with Crippen molar-refractivity contribution >= 4 is 29.2 Å². The average molecular weight is 320 g/mol. The summed E-state index contributed by atoms with van der Waals surface area (Å²) in [5.74, 6) is -0.181. The molecule has 0 fully saturated rings. The fourth-order valence-corrected chi connectivity index (χ4v) is 2.26. The number of Topliss-reactive ketones (excluding diaryl/α,β-unsaturated/α-hetero) is 1. The van der Waals surface area contributed by atoms with Crippen LogP contribution in [0.5, 0.6) is 0 Å². The lowest BCUT2D eigenvalue weighted by Gasteiger charge is -2.24. The molecular formula is C16H18ClN3O2. The van der Waals surface area contributed by atoms with Gasteiger partial charge in [-0.25, -0.2) is 9.67 Å². The van der Waals surface area contributed by atoms with E-state index in [-0.39, 0.29) is 5.78 Å². The predicted molar refractivity (Wildman–Crippen MR) is 86.4 cm³/mol. The molecule has 1 aromatic heterocycles. The third-order valence-corrected chi connectivity index (χ3v) is 3.34. The van der Waals surface area contributed by atoms with Crippen molar-refractivity contribution in [2.75, 3.05) is 6.61 Å². The molecule has 1 heterocycles. The van der Waals surface area contributed by atoms with Crippen LogP contribution >= 0.6 is 11.6 Å². The average Bonchev–Trinajstić information content (AvgIpc) is 2.98. The number of carbonyl (C=O) groups excluding carboxylic acids is 1. The van der Waals surface area contributed by atoms with Crippen LogP contribution in [0.3, 0.4) is 0 Å². The van der Waals surface area contributed by atoms with Crippen molar-refractivity contribution in [1.82, 2.24) is 14.8 Å². The van der Waals surface area contributed by atoms with Gasteiger partial charge in [0.2, 0.25) is 5.78 Å². The van der Waals surface area contributed by atoms with E-state index >= 15 is 0 Å². The van der Waals surface area contributed by atoms with E-state index in [0.717, 1.165) is 5.56 Å². The molecule has 0 aliphatic rings. The Balaban J connectivity index is 2.47. The lowest BCUT2D eigenvalue weighted by molar-refractivity contribution is -0.133. The van der Waals surface area contributed by atoms with E-state index in [1.807, 2.05) is 19.1 Å². The standard InChI is InChI=1S/C16H18ClN3O2/c1-4-22-16(2,3)15(21)14(20-11-18-10-19-20)9-12-6-5-7-13(17)8-12/h5-11H,4H2,1-3H3. The molecule has 0 radical (unpaired) electrons. The zero-order chi connectivity index (χ0) is 16.2. The summed E-state index contributed by atoms with van der Waals surface area (Å²) in [6.45, 7) is 5.77. The summed E-state index contributed by atoms with van der Waals surface area (Å²) < 4.78 is 6.99. The summed E-state index contributed by atoms with van der Waals surface area (Å²) in [6.07, 6.45) is 4.59. The van der Waals surface area contributed by atoms with Crippen molar-refractivity contribution in [2.45, 2.75) is 26.4 Å². The Labute approximate surface area is 134 Å². The number of ketones is 1. The minimum Gasteiger partial charge on any atom is -0.368 e. The van der Waals surface area contributed by atoms with Gasteiger partial charge < -0.3 is 4.74 Å². The zero-order valence-corrected chi connectivity index (χ0v) is 13.5. The molecule has 0 aliphatic heterocycles. The van der Waals surface area contributed by atoms with Gasteiger partial charge in [0, 0.05) is 11.6 Å². The molecule has 5 nitrogen and oxygen atoms in total. The Morgan fingerprint density at radius 3 is 2.82 bits per heavy atom. The molecule has 0 unspecified atom stereocenters. The largest absolute Gasteiger partial charge is 0.368 e. The Morgan fingerprint density at radius 2 is 2.23 bits per heavy atom. The van der Waals surface area contributed by atoms with Crippen molar-refractivity contribution in [2.24, 2.45) is 0 Å². The summed E-state index contributed by atoms with van der Waals surface area (Å²) >= 11 is 6.00. The summed E-state index contributed by atoms with van der Waals surface area (Å²) in [4.78, 5) is 16.7. The zero-order valence-electron chi connectivity index (χ0n) is 12.8. The normalized spacial score (nSPS) is 12.5. The lowest BCUT2D eigenvalue weighted by Crippen LogP contribution is -2.37. The second-order valence-electron chi connectivity index (χ2n) is 5.20. The van der Waals surface area contributed by atoms with Crippen LogP contribution in [-0.2, 0) is 9.53 Å². The lowest BCUT2D eigenvalue weighted by atomic mass is 9.99. The van der Waals surface area contributed by atoms with Crippen molar-refractivity contribution in [3.63, 3.8) is 0 Å². The van der Waals surface area contributed by atoms with Crippen LogP contribution in [0.4, 0.5) is 0 Å². The van der Waals surface area contributed by atoms with E-state index < -0.39 is 5.60 Å². The summed E-state index contributed by atoms with van der Waals surface area (Å²) in [7, 11) is 0. The first-order valence-electron chi connectivity index (χ1n) is 6.95. The van der Waals surface area contributed by atoms with Crippen LogP contribution in [-0.4, -0.2) is 32.8 Å². The Morgan fingerprint density at radius 1 is 1.45 bits per heavy atom. The van der Waals surface area contributed by atoms with Crippen LogP contribution in [0, 0.1) is 0 Å². The third-order valence-electron chi connectivity index (χ3n) is 3.10. The monoisotopic (exact) mass is 319 g/mol. The number of halogens is 1. The number of hydrogen-bond donors (Lipinski definition) is 0. The van der Waals surface area contributed by atoms with Gasteiger partial charge in [-0.3, -0.25) is 4.79 Å². The number of hydrogen-bond acceptors (Lipinski definition) is 4. The van der Waals surface area contributed by atoms with E-state index in [2.05, 4.69) is 10.1 Å². The van der Waals surface area contributed by atoms with E-state index in [9.17, 15) is 4.79 Å². The van der Waals surface area contributed by atoms with E-state index in [0.29, 0.717) is 17.3 Å². The van der Waals surface area contributed by atoms with Gasteiger partial charge in [0.15, 0.2) is 0 Å². The third kappa shape index (κ3) is 3.81. The van der Waals surface area contributed by atoms with Crippen LogP contribution in [0.1, 0.15) is 26.3 Å². The van der Waals surface area contributed by atoms with Crippen molar-refractivity contribution in [3.05, 3.63) is 47.5 Å². The molecule has 116 valence electrons. The minimum absolute atomic E-state index is 0.181. The Hall–Kier alpha value is -1.98.